The Morgan fingerprint density at radius 3 is 2.59 bits per heavy atom. The first kappa shape index (κ1) is 15.9. The maximum atomic E-state index is 11.4. The van der Waals surface area contributed by atoms with Gasteiger partial charge >= 0.3 is 5.97 Å². The van der Waals surface area contributed by atoms with Crippen molar-refractivity contribution in [3.8, 4) is 0 Å². The molecule has 100 valence electrons. The van der Waals surface area contributed by atoms with Crippen LogP contribution in [0.15, 0.2) is 0 Å². The van der Waals surface area contributed by atoms with Crippen LogP contribution in [0, 0.1) is 0 Å². The number of carbonyl (C=O) groups excluding carboxylic acids is 1. The van der Waals surface area contributed by atoms with Crippen molar-refractivity contribution in [2.75, 3.05) is 13.2 Å². The van der Waals surface area contributed by atoms with E-state index < -0.39 is 5.97 Å². The molecule has 1 atom stereocenters. The summed E-state index contributed by atoms with van der Waals surface area (Å²) in [5.74, 6) is -0.833. The van der Waals surface area contributed by atoms with Gasteiger partial charge in [-0.3, -0.25) is 9.59 Å². The van der Waals surface area contributed by atoms with E-state index in [1.54, 1.807) is 0 Å². The molecule has 0 saturated carbocycles. The molecule has 0 spiro atoms. The maximum absolute atomic E-state index is 11.4. The third-order valence-corrected chi connectivity index (χ3v) is 2.26. The molecule has 0 radical (unpaired) electrons. The summed E-state index contributed by atoms with van der Waals surface area (Å²) < 4.78 is 5.21. The van der Waals surface area contributed by atoms with E-state index in [-0.39, 0.29) is 18.4 Å². The van der Waals surface area contributed by atoms with Crippen LogP contribution in [0.3, 0.4) is 0 Å². The first-order valence-corrected chi connectivity index (χ1v) is 6.15. The number of rotatable bonds is 10. The molecule has 1 amide bonds. The average molecular weight is 245 g/mol. The van der Waals surface area contributed by atoms with E-state index in [1.165, 1.54) is 0 Å². The standard InChI is InChI=1S/C12H23NO4/c1-3-8-17-9-7-11(14)13-10(2)5-4-6-12(15)16/h10H,3-9H2,1-2H3,(H,13,14)(H,15,16). The number of hydrogen-bond acceptors (Lipinski definition) is 3. The van der Waals surface area contributed by atoms with Gasteiger partial charge in [-0.1, -0.05) is 6.92 Å². The van der Waals surface area contributed by atoms with Crippen molar-refractivity contribution >= 4 is 11.9 Å². The van der Waals surface area contributed by atoms with E-state index in [9.17, 15) is 9.59 Å². The molecule has 5 nitrogen and oxygen atoms in total. The van der Waals surface area contributed by atoms with Crippen LogP contribution in [0.4, 0.5) is 0 Å². The second-order valence-electron chi connectivity index (χ2n) is 4.12. The van der Waals surface area contributed by atoms with Gasteiger partial charge < -0.3 is 15.2 Å². The SMILES string of the molecule is CCCOCCC(=O)NC(C)CCCC(=O)O. The van der Waals surface area contributed by atoms with Crippen molar-refractivity contribution in [1.29, 1.82) is 0 Å². The highest BCUT2D eigenvalue weighted by molar-refractivity contribution is 5.76. The van der Waals surface area contributed by atoms with Crippen molar-refractivity contribution in [2.45, 2.75) is 52.0 Å². The van der Waals surface area contributed by atoms with Crippen molar-refractivity contribution in [3.05, 3.63) is 0 Å². The minimum Gasteiger partial charge on any atom is -0.481 e. The van der Waals surface area contributed by atoms with Crippen molar-refractivity contribution in [3.63, 3.8) is 0 Å². The average Bonchev–Trinajstić information content (AvgIpc) is 2.23. The zero-order valence-electron chi connectivity index (χ0n) is 10.7. The summed E-state index contributed by atoms with van der Waals surface area (Å²) >= 11 is 0. The number of carbonyl (C=O) groups is 2. The number of ether oxygens (including phenoxy) is 1. The Kier molecular flexibility index (Phi) is 9.43. The number of nitrogens with one attached hydrogen (secondary N) is 1. The van der Waals surface area contributed by atoms with E-state index in [4.69, 9.17) is 9.84 Å². The van der Waals surface area contributed by atoms with Gasteiger partial charge in [0.25, 0.3) is 0 Å². The van der Waals surface area contributed by atoms with Crippen molar-refractivity contribution in [2.24, 2.45) is 0 Å². The molecule has 0 aromatic rings. The van der Waals surface area contributed by atoms with Gasteiger partial charge in [0.05, 0.1) is 6.61 Å². The van der Waals surface area contributed by atoms with E-state index >= 15 is 0 Å². The van der Waals surface area contributed by atoms with Crippen LogP contribution in [0.2, 0.25) is 0 Å². The second-order valence-corrected chi connectivity index (χ2v) is 4.12. The van der Waals surface area contributed by atoms with Gasteiger partial charge in [-0.15, -0.1) is 0 Å². The lowest BCUT2D eigenvalue weighted by Gasteiger charge is -2.13. The lowest BCUT2D eigenvalue weighted by Crippen LogP contribution is -2.33. The summed E-state index contributed by atoms with van der Waals surface area (Å²) in [5, 5.41) is 11.3. The summed E-state index contributed by atoms with van der Waals surface area (Å²) in [6.45, 7) is 5.03. The fraction of sp³-hybridized carbons (Fsp3) is 0.833. The Morgan fingerprint density at radius 1 is 1.29 bits per heavy atom. The molecule has 0 aromatic heterocycles. The predicted molar refractivity (Wildman–Crippen MR) is 64.8 cm³/mol. The first-order chi connectivity index (χ1) is 8.06. The summed E-state index contributed by atoms with van der Waals surface area (Å²) in [7, 11) is 0. The van der Waals surface area contributed by atoms with Gasteiger partial charge in [-0.25, -0.2) is 0 Å². The highest BCUT2D eigenvalue weighted by Crippen LogP contribution is 2.00. The topological polar surface area (TPSA) is 75.6 Å². The highest BCUT2D eigenvalue weighted by atomic mass is 16.5. The molecular formula is C12H23NO4. The van der Waals surface area contributed by atoms with Crippen LogP contribution in [-0.2, 0) is 14.3 Å². The van der Waals surface area contributed by atoms with Crippen LogP contribution >= 0.6 is 0 Å². The molecule has 1 unspecified atom stereocenters. The molecule has 0 aliphatic carbocycles. The van der Waals surface area contributed by atoms with E-state index in [2.05, 4.69) is 5.32 Å². The molecule has 0 saturated heterocycles. The molecule has 0 heterocycles. The van der Waals surface area contributed by atoms with E-state index in [0.29, 0.717) is 32.5 Å². The molecule has 0 aliphatic rings. The van der Waals surface area contributed by atoms with Gasteiger partial charge in [-0.05, 0) is 26.2 Å². The lowest BCUT2D eigenvalue weighted by atomic mass is 10.1. The monoisotopic (exact) mass is 245 g/mol. The smallest absolute Gasteiger partial charge is 0.303 e. The number of amides is 1. The zero-order valence-corrected chi connectivity index (χ0v) is 10.7. The quantitative estimate of drug-likeness (QED) is 0.573. The molecule has 0 fully saturated rings. The van der Waals surface area contributed by atoms with E-state index in [0.717, 1.165) is 6.42 Å². The summed E-state index contributed by atoms with van der Waals surface area (Å²) in [5.41, 5.74) is 0. The van der Waals surface area contributed by atoms with Crippen molar-refractivity contribution in [1.82, 2.24) is 5.32 Å². The van der Waals surface area contributed by atoms with Crippen LogP contribution in [-0.4, -0.2) is 36.2 Å². The molecule has 17 heavy (non-hydrogen) atoms. The molecule has 0 aliphatic heterocycles. The Bertz CT molecular complexity index is 231. The second kappa shape index (κ2) is 10.1. The van der Waals surface area contributed by atoms with Crippen molar-refractivity contribution < 1.29 is 19.4 Å². The molecule has 0 aromatic carbocycles. The number of hydrogen-bond donors (Lipinski definition) is 2. The fourth-order valence-corrected chi connectivity index (χ4v) is 1.39. The molecule has 5 heteroatoms. The number of aliphatic carboxylic acids is 1. The Balaban J connectivity index is 3.48. The number of carboxylic acids is 1. The number of carboxylic acid groups (broad SMARTS) is 1. The minimum absolute atomic E-state index is 0.0213. The minimum atomic E-state index is -0.795. The van der Waals surface area contributed by atoms with Gasteiger partial charge in [0.2, 0.25) is 5.91 Å². The molecule has 0 rings (SSSR count). The Labute approximate surface area is 103 Å². The van der Waals surface area contributed by atoms with Crippen LogP contribution in [0.25, 0.3) is 0 Å². The zero-order chi connectivity index (χ0) is 13.1. The van der Waals surface area contributed by atoms with E-state index in [1.807, 2.05) is 13.8 Å². The maximum Gasteiger partial charge on any atom is 0.303 e. The molecule has 0 bridgehead atoms. The van der Waals surface area contributed by atoms with Crippen LogP contribution in [0.5, 0.6) is 0 Å². The van der Waals surface area contributed by atoms with Crippen LogP contribution in [0.1, 0.15) is 46.0 Å². The van der Waals surface area contributed by atoms with Gasteiger partial charge in [0.15, 0.2) is 0 Å². The predicted octanol–water partition coefficient (Wildman–Crippen LogP) is 1.56. The van der Waals surface area contributed by atoms with Gasteiger partial charge in [0.1, 0.15) is 0 Å². The summed E-state index contributed by atoms with van der Waals surface area (Å²) in [6, 6.07) is 0.0213. The normalized spacial score (nSPS) is 12.1. The Morgan fingerprint density at radius 2 is 2.00 bits per heavy atom. The summed E-state index contributed by atoms with van der Waals surface area (Å²) in [4.78, 5) is 21.7. The largest absolute Gasteiger partial charge is 0.481 e. The highest BCUT2D eigenvalue weighted by Gasteiger charge is 2.07. The molecular weight excluding hydrogens is 222 g/mol. The lowest BCUT2D eigenvalue weighted by molar-refractivity contribution is -0.137. The summed E-state index contributed by atoms with van der Waals surface area (Å²) in [6.07, 6.45) is 2.74. The molecule has 2 N–H and O–H groups in total. The first-order valence-electron chi connectivity index (χ1n) is 6.15. The Hall–Kier alpha value is -1.10. The third kappa shape index (κ3) is 11.2. The fourth-order valence-electron chi connectivity index (χ4n) is 1.39. The van der Waals surface area contributed by atoms with Gasteiger partial charge in [-0.2, -0.15) is 0 Å². The van der Waals surface area contributed by atoms with Crippen LogP contribution < -0.4 is 5.32 Å². The third-order valence-electron chi connectivity index (χ3n) is 2.26. The van der Waals surface area contributed by atoms with Gasteiger partial charge in [0, 0.05) is 25.5 Å².